The molecule has 3 rings (SSSR count). The quantitative estimate of drug-likeness (QED) is 0.323. The molecule has 1 aliphatic rings. The van der Waals surface area contributed by atoms with Crippen LogP contribution in [0.3, 0.4) is 0 Å². The minimum Gasteiger partial charge on any atom is -0.463 e. The van der Waals surface area contributed by atoms with Crippen LogP contribution in [-0.2, 0) is 21.9 Å². The van der Waals surface area contributed by atoms with Gasteiger partial charge in [-0.3, -0.25) is 14.1 Å². The van der Waals surface area contributed by atoms with E-state index in [0.29, 0.717) is 0 Å². The fourth-order valence-electron chi connectivity index (χ4n) is 3.32. The van der Waals surface area contributed by atoms with E-state index in [1.807, 2.05) is 0 Å². The molecule has 3 heterocycles. The van der Waals surface area contributed by atoms with Crippen molar-refractivity contribution in [1.82, 2.24) is 19.3 Å². The summed E-state index contributed by atoms with van der Waals surface area (Å²) in [5.74, 6) is 3.16. The maximum atomic E-state index is 14.9. The number of carbonyl (C=O) groups excluding carboxylic acids is 1. The van der Waals surface area contributed by atoms with Crippen LogP contribution >= 0.6 is 0 Å². The van der Waals surface area contributed by atoms with Gasteiger partial charge in [0.25, 0.3) is 0 Å². The molecule has 2 atom stereocenters. The number of hydrogen-bond acceptors (Lipinski definition) is 9. The zero-order valence-electron chi connectivity index (χ0n) is 20.0. The molecule has 1 aliphatic heterocycles. The first-order valence-corrected chi connectivity index (χ1v) is 12.3. The second kappa shape index (κ2) is 10.7. The summed E-state index contributed by atoms with van der Waals surface area (Å²) in [6.07, 6.45) is -2.54. The zero-order valence-corrected chi connectivity index (χ0v) is 20.9. The van der Waals surface area contributed by atoms with Crippen molar-refractivity contribution in [3.63, 3.8) is 0 Å². The Morgan fingerprint density at radius 1 is 1.32 bits per heavy atom. The monoisotopic (exact) mass is 541 g/mol. The van der Waals surface area contributed by atoms with E-state index in [1.165, 1.54) is 32.4 Å². The van der Waals surface area contributed by atoms with Gasteiger partial charge in [0, 0.05) is 12.7 Å². The van der Waals surface area contributed by atoms with Crippen LogP contribution in [0.2, 0.25) is 0 Å². The van der Waals surface area contributed by atoms with Crippen molar-refractivity contribution in [2.45, 2.75) is 32.0 Å². The minimum absolute atomic E-state index is 0.00309. The Hall–Kier alpha value is -3.80. The van der Waals surface area contributed by atoms with E-state index in [0.717, 1.165) is 10.4 Å². The van der Waals surface area contributed by atoms with Gasteiger partial charge < -0.3 is 10.5 Å². The lowest BCUT2D eigenvalue weighted by atomic mass is 9.99. The number of alkyl halides is 3. The molecule has 0 bridgehead atoms. The van der Waals surface area contributed by atoms with E-state index in [9.17, 15) is 26.6 Å². The normalized spacial score (nSPS) is 21.5. The molecule has 0 amide bonds. The lowest BCUT2D eigenvalue weighted by Crippen LogP contribution is -2.51. The van der Waals surface area contributed by atoms with Crippen molar-refractivity contribution in [3.8, 4) is 17.7 Å². The topological polar surface area (TPSA) is 136 Å². The van der Waals surface area contributed by atoms with Crippen molar-refractivity contribution in [1.29, 1.82) is 0 Å². The van der Waals surface area contributed by atoms with Crippen molar-refractivity contribution in [2.75, 3.05) is 26.0 Å². The molecular formula is C22H23F4N7O3S. The van der Waals surface area contributed by atoms with E-state index < -0.39 is 51.5 Å². The molecule has 198 valence electrons. The number of aromatic nitrogens is 3. The van der Waals surface area contributed by atoms with Gasteiger partial charge in [0.1, 0.15) is 39.2 Å². The number of nitrogens with zero attached hydrogens (tertiary/aromatic N) is 6. The maximum Gasteiger partial charge on any atom is 0.408 e. The van der Waals surface area contributed by atoms with Crippen LogP contribution in [0, 0.1) is 17.7 Å². The summed E-state index contributed by atoms with van der Waals surface area (Å²) in [7, 11) is -2.56. The average molecular weight is 542 g/mol. The molecule has 0 aliphatic carbocycles. The number of hydrogen-bond donors (Lipinski definition) is 1. The Labute approximate surface area is 210 Å². The summed E-state index contributed by atoms with van der Waals surface area (Å²) < 4.78 is 75.9. The Morgan fingerprint density at radius 2 is 2.05 bits per heavy atom. The number of Topliss-reactive ketones (excluding diaryl/α,β-unsaturated/α-hetero) is 1. The van der Waals surface area contributed by atoms with Crippen LogP contribution in [0.15, 0.2) is 33.9 Å². The van der Waals surface area contributed by atoms with Crippen molar-refractivity contribution in [3.05, 3.63) is 47.4 Å². The van der Waals surface area contributed by atoms with E-state index in [-0.39, 0.29) is 36.0 Å². The van der Waals surface area contributed by atoms with Gasteiger partial charge in [-0.1, -0.05) is 5.92 Å². The lowest BCUT2D eigenvalue weighted by molar-refractivity contribution is -0.117. The zero-order chi connectivity index (χ0) is 27.4. The highest BCUT2D eigenvalue weighted by Gasteiger charge is 2.42. The third-order valence-corrected chi connectivity index (χ3v) is 7.68. The third-order valence-electron chi connectivity index (χ3n) is 5.16. The summed E-state index contributed by atoms with van der Waals surface area (Å²) in [5, 5.41) is 0. The number of halogens is 4. The molecule has 0 saturated heterocycles. The summed E-state index contributed by atoms with van der Waals surface area (Å²) in [5.41, 5.74) is 3.89. The molecule has 2 aromatic rings. The Bertz CT molecular complexity index is 1390. The van der Waals surface area contributed by atoms with E-state index >= 15 is 0 Å². The molecule has 0 saturated carbocycles. The third kappa shape index (κ3) is 6.70. The fraction of sp³-hybridized carbons (Fsp3) is 0.409. The highest BCUT2D eigenvalue weighted by molar-refractivity contribution is 7.92. The van der Waals surface area contributed by atoms with Crippen molar-refractivity contribution < 1.29 is 31.3 Å². The van der Waals surface area contributed by atoms with Gasteiger partial charge in [-0.05, 0) is 26.0 Å². The van der Waals surface area contributed by atoms with E-state index in [4.69, 9.17) is 10.5 Å². The molecule has 37 heavy (non-hydrogen) atoms. The van der Waals surface area contributed by atoms with Crippen LogP contribution < -0.4 is 10.5 Å². The van der Waals surface area contributed by atoms with Gasteiger partial charge in [0.15, 0.2) is 12.4 Å². The molecular weight excluding hydrogens is 518 g/mol. The average Bonchev–Trinajstić information content (AvgIpc) is 2.82. The number of carbonyl (C=O) groups is 1. The highest BCUT2D eigenvalue weighted by atomic mass is 32.2. The predicted molar refractivity (Wildman–Crippen MR) is 126 cm³/mol. The van der Waals surface area contributed by atoms with Gasteiger partial charge in [-0.15, -0.1) is 5.92 Å². The Kier molecular flexibility index (Phi) is 8.01. The second-order valence-electron chi connectivity index (χ2n) is 8.08. The molecule has 0 unspecified atom stereocenters. The van der Waals surface area contributed by atoms with Gasteiger partial charge in [-0.25, -0.2) is 27.9 Å². The number of ketones is 1. The summed E-state index contributed by atoms with van der Waals surface area (Å²) in [6.45, 7) is 1.42. The van der Waals surface area contributed by atoms with Crippen LogP contribution in [-0.4, -0.2) is 67.3 Å². The molecule has 0 fully saturated rings. The van der Waals surface area contributed by atoms with Gasteiger partial charge >= 0.3 is 6.18 Å². The molecule has 15 heteroatoms. The molecule has 2 N–H and O–H groups in total. The van der Waals surface area contributed by atoms with Gasteiger partial charge in [-0.2, -0.15) is 13.2 Å². The standard InChI is InChI=1S/C22H23F4N7O3S/c1-4-5-8-36-18-11-28-16(10-29-18)17(34)9-14-6-7-15(23)19(31-14)21(2)13-37(35,30-12-22(24,25)26)33(3)20(27)32-21/h6-7,10-11H,8-9,12-13H2,1-3H3,(H2,27,32)/t21-,37+/m0/s1. The summed E-state index contributed by atoms with van der Waals surface area (Å²) in [4.78, 5) is 29.0. The maximum absolute atomic E-state index is 14.9. The van der Waals surface area contributed by atoms with Crippen LogP contribution in [0.1, 0.15) is 35.7 Å². The smallest absolute Gasteiger partial charge is 0.408 e. The first-order chi connectivity index (χ1) is 17.3. The van der Waals surface area contributed by atoms with Crippen LogP contribution in [0.4, 0.5) is 17.6 Å². The van der Waals surface area contributed by atoms with Crippen LogP contribution in [0.5, 0.6) is 5.88 Å². The summed E-state index contributed by atoms with van der Waals surface area (Å²) in [6, 6.07) is 2.30. The Balaban J connectivity index is 1.88. The second-order valence-corrected chi connectivity index (χ2v) is 10.4. The predicted octanol–water partition coefficient (Wildman–Crippen LogP) is 2.26. The molecule has 0 radical (unpaired) electrons. The first-order valence-electron chi connectivity index (χ1n) is 10.7. The molecule has 10 nitrogen and oxygen atoms in total. The van der Waals surface area contributed by atoms with E-state index in [2.05, 4.69) is 36.1 Å². The Morgan fingerprint density at radius 3 is 2.68 bits per heavy atom. The lowest BCUT2D eigenvalue weighted by Gasteiger charge is -2.36. The number of nitrogens with two attached hydrogens (primary N) is 1. The van der Waals surface area contributed by atoms with E-state index in [1.54, 1.807) is 6.92 Å². The number of guanidine groups is 1. The molecule has 0 spiro atoms. The van der Waals surface area contributed by atoms with Gasteiger partial charge in [0.2, 0.25) is 11.8 Å². The minimum atomic E-state index is -4.70. The largest absolute Gasteiger partial charge is 0.463 e. The number of pyridine rings is 1. The number of rotatable bonds is 7. The van der Waals surface area contributed by atoms with Crippen LogP contribution in [0.25, 0.3) is 0 Å². The van der Waals surface area contributed by atoms with Gasteiger partial charge in [0.05, 0.1) is 24.6 Å². The fourth-order valence-corrected chi connectivity index (χ4v) is 5.40. The molecule has 2 aromatic heterocycles. The number of ether oxygens (including phenoxy) is 1. The van der Waals surface area contributed by atoms with Crippen molar-refractivity contribution in [2.24, 2.45) is 15.1 Å². The highest BCUT2D eigenvalue weighted by Crippen LogP contribution is 2.33. The SMILES string of the molecule is CC#CCOc1cnc(C(=O)Cc2ccc(F)c([C@]3(C)C[S@@](=O)(=NCC(F)(F)F)N(C)C(N)=N3)n2)cn1. The molecule has 0 aromatic carbocycles. The first kappa shape index (κ1) is 27.8. The van der Waals surface area contributed by atoms with Crippen molar-refractivity contribution >= 4 is 21.7 Å². The number of aliphatic imine (C=N–C) groups is 1. The summed E-state index contributed by atoms with van der Waals surface area (Å²) >= 11 is 0.